The molecule has 10 heteroatoms. The lowest BCUT2D eigenvalue weighted by atomic mass is 10.1. The summed E-state index contributed by atoms with van der Waals surface area (Å²) in [6.07, 6.45) is 0. The van der Waals surface area contributed by atoms with E-state index in [0.717, 1.165) is 4.90 Å². The van der Waals surface area contributed by atoms with Gasteiger partial charge in [0.15, 0.2) is 0 Å². The number of hydrogen-bond acceptors (Lipinski definition) is 6. The Kier molecular flexibility index (Phi) is 5.66. The molecule has 0 bridgehead atoms. The molecule has 1 aliphatic heterocycles. The summed E-state index contributed by atoms with van der Waals surface area (Å²) in [5, 5.41) is 0. The molecular weight excluding hydrogens is 398 g/mol. The minimum absolute atomic E-state index is 0.0883. The highest BCUT2D eigenvalue weighted by molar-refractivity contribution is 7.89. The van der Waals surface area contributed by atoms with Crippen LogP contribution in [0.15, 0.2) is 53.4 Å². The molecule has 152 valence electrons. The summed E-state index contributed by atoms with van der Waals surface area (Å²) >= 11 is 0. The van der Waals surface area contributed by atoms with Gasteiger partial charge in [0.2, 0.25) is 0 Å². The van der Waals surface area contributed by atoms with Crippen LogP contribution in [0.2, 0.25) is 0 Å². The topological polar surface area (TPSA) is 122 Å². The van der Waals surface area contributed by atoms with Crippen molar-refractivity contribution in [3.63, 3.8) is 0 Å². The largest absolute Gasteiger partial charge is 0.494 e. The highest BCUT2D eigenvalue weighted by Gasteiger charge is 2.40. The van der Waals surface area contributed by atoms with Crippen LogP contribution in [0.5, 0.6) is 5.75 Å². The Bertz CT molecular complexity index is 1030. The summed E-state index contributed by atoms with van der Waals surface area (Å²) in [5.41, 5.74) is 2.45. The molecule has 1 atom stereocenters. The van der Waals surface area contributed by atoms with Crippen LogP contribution in [0.25, 0.3) is 0 Å². The highest BCUT2D eigenvalue weighted by Crippen LogP contribution is 2.24. The van der Waals surface area contributed by atoms with Crippen LogP contribution in [0, 0.1) is 0 Å². The minimum atomic E-state index is -4.05. The van der Waals surface area contributed by atoms with Crippen LogP contribution in [0.3, 0.4) is 0 Å². The van der Waals surface area contributed by atoms with Gasteiger partial charge < -0.3 is 4.74 Å². The summed E-state index contributed by atoms with van der Waals surface area (Å²) in [4.78, 5) is 39.9. The van der Waals surface area contributed by atoms with E-state index in [-0.39, 0.29) is 16.0 Å². The molecule has 0 fully saturated rings. The van der Waals surface area contributed by atoms with E-state index < -0.39 is 33.8 Å². The average molecular weight is 417 g/mol. The zero-order valence-corrected chi connectivity index (χ0v) is 16.5. The maximum Gasteiger partial charge on any atom is 0.262 e. The van der Waals surface area contributed by atoms with Gasteiger partial charge in [-0.05, 0) is 50.2 Å². The van der Waals surface area contributed by atoms with Crippen LogP contribution in [-0.4, -0.2) is 43.7 Å². The van der Waals surface area contributed by atoms with Gasteiger partial charge in [0.1, 0.15) is 11.8 Å². The van der Waals surface area contributed by atoms with Crippen molar-refractivity contribution in [3.05, 3.63) is 59.7 Å². The highest BCUT2D eigenvalue weighted by atomic mass is 32.2. The Hall–Kier alpha value is -3.24. The number of fused-ring (bicyclic) bond motifs is 1. The number of sulfonamides is 1. The monoisotopic (exact) mass is 417 g/mol. The van der Waals surface area contributed by atoms with Gasteiger partial charge in [-0.15, -0.1) is 4.83 Å². The first-order valence-corrected chi connectivity index (χ1v) is 10.3. The Balaban J connectivity index is 1.67. The van der Waals surface area contributed by atoms with Gasteiger partial charge in [-0.25, -0.2) is 8.42 Å². The van der Waals surface area contributed by atoms with Gasteiger partial charge in [0, 0.05) is 0 Å². The Morgan fingerprint density at radius 2 is 1.59 bits per heavy atom. The lowest BCUT2D eigenvalue weighted by Gasteiger charge is -2.21. The molecule has 1 heterocycles. The molecule has 2 aromatic carbocycles. The number of ether oxygens (including phenoxy) is 1. The van der Waals surface area contributed by atoms with E-state index in [2.05, 4.69) is 5.43 Å². The van der Waals surface area contributed by atoms with Crippen molar-refractivity contribution < 1.29 is 27.5 Å². The zero-order chi connectivity index (χ0) is 21.2. The van der Waals surface area contributed by atoms with E-state index >= 15 is 0 Å². The van der Waals surface area contributed by atoms with Crippen molar-refractivity contribution in [2.75, 3.05) is 6.61 Å². The predicted molar refractivity (Wildman–Crippen MR) is 102 cm³/mol. The molecule has 2 N–H and O–H groups in total. The Labute approximate surface area is 167 Å². The first-order chi connectivity index (χ1) is 13.8. The van der Waals surface area contributed by atoms with E-state index in [1.54, 1.807) is 19.1 Å². The smallest absolute Gasteiger partial charge is 0.262 e. The van der Waals surface area contributed by atoms with Crippen molar-refractivity contribution >= 4 is 27.7 Å². The van der Waals surface area contributed by atoms with Gasteiger partial charge >= 0.3 is 0 Å². The van der Waals surface area contributed by atoms with E-state index in [1.165, 1.54) is 43.3 Å². The third-order valence-electron chi connectivity index (χ3n) is 4.35. The number of carbonyl (C=O) groups excluding carboxylic acids is 3. The number of imide groups is 1. The van der Waals surface area contributed by atoms with E-state index in [9.17, 15) is 22.8 Å². The van der Waals surface area contributed by atoms with Gasteiger partial charge in [-0.3, -0.25) is 24.7 Å². The standard InChI is InChI=1S/C19H19N3O6S/c1-3-28-13-8-10-14(11-9-13)29(26,27)21-20-17(23)12(2)22-18(24)15-6-4-5-7-16(15)19(22)25/h4-12,21H,3H2,1-2H3,(H,20,23). The average Bonchev–Trinajstić information content (AvgIpc) is 2.97. The number of carbonyl (C=O) groups is 3. The second-order valence-electron chi connectivity index (χ2n) is 6.20. The molecule has 1 aliphatic rings. The molecular formula is C19H19N3O6S. The van der Waals surface area contributed by atoms with Crippen LogP contribution in [0.4, 0.5) is 0 Å². The molecule has 0 aromatic heterocycles. The summed E-state index contributed by atoms with van der Waals surface area (Å²) in [5.74, 6) is -1.56. The van der Waals surface area contributed by atoms with Crippen molar-refractivity contribution in [2.45, 2.75) is 24.8 Å². The molecule has 3 amide bonds. The number of benzene rings is 2. The van der Waals surface area contributed by atoms with Crippen molar-refractivity contribution in [3.8, 4) is 5.75 Å². The van der Waals surface area contributed by atoms with Gasteiger partial charge in [-0.1, -0.05) is 12.1 Å². The molecule has 0 spiro atoms. The second kappa shape index (κ2) is 8.02. The third kappa shape index (κ3) is 3.98. The lowest BCUT2D eigenvalue weighted by Crippen LogP contribution is -2.52. The van der Waals surface area contributed by atoms with Crippen LogP contribution < -0.4 is 15.0 Å². The maximum atomic E-state index is 12.4. The molecule has 1 unspecified atom stereocenters. The normalized spacial score (nSPS) is 14.5. The summed E-state index contributed by atoms with van der Waals surface area (Å²) in [7, 11) is -4.05. The van der Waals surface area contributed by atoms with Crippen molar-refractivity contribution in [2.24, 2.45) is 0 Å². The molecule has 0 saturated carbocycles. The predicted octanol–water partition coefficient (Wildman–Crippen LogP) is 1.08. The van der Waals surface area contributed by atoms with Crippen LogP contribution in [0.1, 0.15) is 34.6 Å². The second-order valence-corrected chi connectivity index (χ2v) is 7.88. The van der Waals surface area contributed by atoms with Crippen molar-refractivity contribution in [1.82, 2.24) is 15.2 Å². The quantitative estimate of drug-likeness (QED) is 0.514. The number of hydrogen-bond donors (Lipinski definition) is 2. The fraction of sp³-hybridized carbons (Fsp3) is 0.211. The molecule has 9 nitrogen and oxygen atoms in total. The molecule has 0 radical (unpaired) electrons. The maximum absolute atomic E-state index is 12.4. The van der Waals surface area contributed by atoms with E-state index in [4.69, 9.17) is 4.74 Å². The summed E-state index contributed by atoms with van der Waals surface area (Å²) < 4.78 is 29.9. The van der Waals surface area contributed by atoms with Crippen molar-refractivity contribution in [1.29, 1.82) is 0 Å². The van der Waals surface area contributed by atoms with Crippen LogP contribution >= 0.6 is 0 Å². The molecule has 0 aliphatic carbocycles. The lowest BCUT2D eigenvalue weighted by molar-refractivity contribution is -0.125. The van der Waals surface area contributed by atoms with E-state index in [0.29, 0.717) is 12.4 Å². The third-order valence-corrected chi connectivity index (χ3v) is 5.61. The number of nitrogens with zero attached hydrogens (tertiary/aromatic N) is 1. The van der Waals surface area contributed by atoms with Crippen LogP contribution in [-0.2, 0) is 14.8 Å². The fourth-order valence-corrected chi connectivity index (χ4v) is 3.69. The number of amides is 3. The minimum Gasteiger partial charge on any atom is -0.494 e. The first-order valence-electron chi connectivity index (χ1n) is 8.77. The molecule has 3 rings (SSSR count). The summed E-state index contributed by atoms with van der Waals surface area (Å²) in [6.45, 7) is 3.58. The van der Waals surface area contributed by atoms with E-state index in [1.807, 2.05) is 4.83 Å². The fourth-order valence-electron chi connectivity index (χ4n) is 2.84. The summed E-state index contributed by atoms with van der Waals surface area (Å²) in [6, 6.07) is 10.6. The molecule has 0 saturated heterocycles. The van der Waals surface area contributed by atoms with Gasteiger partial charge in [0.25, 0.3) is 27.7 Å². The molecule has 2 aromatic rings. The van der Waals surface area contributed by atoms with Gasteiger partial charge in [0.05, 0.1) is 22.6 Å². The first kappa shape index (κ1) is 20.5. The molecule has 29 heavy (non-hydrogen) atoms. The Morgan fingerprint density at radius 3 is 2.10 bits per heavy atom. The zero-order valence-electron chi connectivity index (χ0n) is 15.7. The SMILES string of the molecule is CCOc1ccc(S(=O)(=O)NNC(=O)C(C)N2C(=O)c3ccccc3C2=O)cc1. The number of rotatable bonds is 7. The van der Waals surface area contributed by atoms with Gasteiger partial charge in [-0.2, -0.15) is 0 Å². The number of hydrazine groups is 1. The Morgan fingerprint density at radius 1 is 1.03 bits per heavy atom. The number of nitrogens with one attached hydrogen (secondary N) is 2.